The Kier molecular flexibility index (Phi) is 3.24. The van der Waals surface area contributed by atoms with E-state index in [4.69, 9.17) is 0 Å². The highest BCUT2D eigenvalue weighted by atomic mass is 79.9. The van der Waals surface area contributed by atoms with E-state index in [1.165, 1.54) is 6.42 Å². The van der Waals surface area contributed by atoms with Gasteiger partial charge < -0.3 is 4.90 Å². The molecule has 1 heterocycles. The van der Waals surface area contributed by atoms with Gasteiger partial charge in [0, 0.05) is 22.6 Å². The molecule has 0 spiro atoms. The number of hydrogen-bond donors (Lipinski definition) is 0. The Morgan fingerprint density at radius 3 is 2.75 bits per heavy atom. The van der Waals surface area contributed by atoms with Crippen molar-refractivity contribution in [3.63, 3.8) is 0 Å². The number of amides is 1. The summed E-state index contributed by atoms with van der Waals surface area (Å²) in [6, 6.07) is 8.16. The van der Waals surface area contributed by atoms with Crippen LogP contribution in [0.2, 0.25) is 0 Å². The summed E-state index contributed by atoms with van der Waals surface area (Å²) in [7, 11) is 0. The molecule has 108 valence electrons. The van der Waals surface area contributed by atoms with E-state index < -0.39 is 0 Å². The van der Waals surface area contributed by atoms with Gasteiger partial charge in [0.1, 0.15) is 0 Å². The summed E-state index contributed by atoms with van der Waals surface area (Å²) in [6.45, 7) is 7.93. The van der Waals surface area contributed by atoms with Gasteiger partial charge in [-0.3, -0.25) is 4.79 Å². The van der Waals surface area contributed by atoms with Crippen LogP contribution in [0.5, 0.6) is 0 Å². The van der Waals surface area contributed by atoms with Crippen LogP contribution >= 0.6 is 15.9 Å². The van der Waals surface area contributed by atoms with Crippen LogP contribution in [0, 0.1) is 10.8 Å². The number of halogens is 1. The summed E-state index contributed by atoms with van der Waals surface area (Å²) in [6.07, 6.45) is 3.51. The molecule has 1 saturated carbocycles. The van der Waals surface area contributed by atoms with Crippen molar-refractivity contribution in [2.45, 2.75) is 46.1 Å². The molecule has 2 nitrogen and oxygen atoms in total. The van der Waals surface area contributed by atoms with E-state index in [1.54, 1.807) is 0 Å². The van der Waals surface area contributed by atoms with Crippen LogP contribution in [0.1, 0.15) is 50.4 Å². The van der Waals surface area contributed by atoms with Crippen molar-refractivity contribution in [2.24, 2.45) is 10.8 Å². The third kappa shape index (κ3) is 2.52. The lowest BCUT2D eigenvalue weighted by Gasteiger charge is -2.39. The van der Waals surface area contributed by atoms with Gasteiger partial charge in [0.15, 0.2) is 0 Å². The number of carbonyl (C=O) groups excluding carboxylic acids is 1. The number of rotatable bonds is 1. The van der Waals surface area contributed by atoms with Gasteiger partial charge in [-0.05, 0) is 48.3 Å². The zero-order valence-corrected chi connectivity index (χ0v) is 14.0. The van der Waals surface area contributed by atoms with Crippen LogP contribution < -0.4 is 0 Å². The van der Waals surface area contributed by atoms with Crippen molar-refractivity contribution in [1.29, 1.82) is 0 Å². The number of nitrogens with zero attached hydrogens (tertiary/aromatic N) is 1. The van der Waals surface area contributed by atoms with E-state index in [-0.39, 0.29) is 5.91 Å². The summed E-state index contributed by atoms with van der Waals surface area (Å²) >= 11 is 3.45. The first-order valence-electron chi connectivity index (χ1n) is 7.35. The van der Waals surface area contributed by atoms with Crippen LogP contribution in [0.4, 0.5) is 0 Å². The van der Waals surface area contributed by atoms with E-state index in [0.717, 1.165) is 29.4 Å². The molecule has 1 aromatic carbocycles. The monoisotopic (exact) mass is 335 g/mol. The molecule has 2 aliphatic rings. The van der Waals surface area contributed by atoms with Gasteiger partial charge in [-0.25, -0.2) is 0 Å². The molecular formula is C17H22BrNO. The second-order valence-corrected chi connectivity index (χ2v) is 8.57. The second kappa shape index (κ2) is 4.59. The first-order chi connectivity index (χ1) is 9.28. The highest BCUT2D eigenvalue weighted by molar-refractivity contribution is 9.10. The average Bonchev–Trinajstić information content (AvgIpc) is 2.57. The summed E-state index contributed by atoms with van der Waals surface area (Å²) in [4.78, 5) is 14.9. The highest BCUT2D eigenvalue weighted by Gasteiger charge is 2.50. The normalized spacial score (nSPS) is 31.4. The largest absolute Gasteiger partial charge is 0.335 e. The van der Waals surface area contributed by atoms with Gasteiger partial charge in [0.2, 0.25) is 0 Å². The number of hydrogen-bond acceptors (Lipinski definition) is 1. The molecule has 0 aromatic heterocycles. The molecule has 3 rings (SSSR count). The minimum atomic E-state index is 0.192. The lowest BCUT2D eigenvalue weighted by atomic mass is 9.65. The summed E-state index contributed by atoms with van der Waals surface area (Å²) < 4.78 is 0.970. The molecule has 20 heavy (non-hydrogen) atoms. The van der Waals surface area contributed by atoms with Crippen molar-refractivity contribution >= 4 is 21.8 Å². The Morgan fingerprint density at radius 2 is 2.05 bits per heavy atom. The fourth-order valence-corrected chi connectivity index (χ4v) is 4.88. The van der Waals surface area contributed by atoms with Gasteiger partial charge >= 0.3 is 0 Å². The number of likely N-dealkylation sites (tertiary alicyclic amines) is 1. The van der Waals surface area contributed by atoms with Crippen molar-refractivity contribution < 1.29 is 4.79 Å². The fraction of sp³-hybridized carbons (Fsp3) is 0.588. The topological polar surface area (TPSA) is 20.3 Å². The SMILES string of the molecule is CC1(C)CC2CC(C)(CN2C(=O)c2cccc(Br)c2)C1. The van der Waals surface area contributed by atoms with Crippen molar-refractivity contribution in [3.8, 4) is 0 Å². The third-order valence-corrected chi connectivity index (χ3v) is 5.24. The van der Waals surface area contributed by atoms with Crippen LogP contribution in [0.25, 0.3) is 0 Å². The Labute approximate surface area is 129 Å². The summed E-state index contributed by atoms with van der Waals surface area (Å²) in [5.41, 5.74) is 1.45. The van der Waals surface area contributed by atoms with Gasteiger partial charge in [-0.2, -0.15) is 0 Å². The Hall–Kier alpha value is -0.830. The molecule has 2 bridgehead atoms. The predicted octanol–water partition coefficient (Wildman–Crippen LogP) is 4.49. The lowest BCUT2D eigenvalue weighted by molar-refractivity contribution is 0.0708. The van der Waals surface area contributed by atoms with Gasteiger partial charge in [0.25, 0.3) is 5.91 Å². The van der Waals surface area contributed by atoms with E-state index >= 15 is 0 Å². The Bertz CT molecular complexity index is 554. The summed E-state index contributed by atoms with van der Waals surface area (Å²) in [5, 5.41) is 0. The van der Waals surface area contributed by atoms with Crippen LogP contribution in [0.3, 0.4) is 0 Å². The predicted molar refractivity (Wildman–Crippen MR) is 84.7 cm³/mol. The minimum Gasteiger partial charge on any atom is -0.335 e. The van der Waals surface area contributed by atoms with Gasteiger partial charge in [-0.15, -0.1) is 0 Å². The van der Waals surface area contributed by atoms with E-state index in [9.17, 15) is 4.79 Å². The molecule has 1 amide bonds. The van der Waals surface area contributed by atoms with E-state index in [0.29, 0.717) is 16.9 Å². The molecule has 2 atom stereocenters. The van der Waals surface area contributed by atoms with Crippen molar-refractivity contribution in [3.05, 3.63) is 34.3 Å². The minimum absolute atomic E-state index is 0.192. The van der Waals surface area contributed by atoms with E-state index in [1.807, 2.05) is 24.3 Å². The number of benzene rings is 1. The van der Waals surface area contributed by atoms with Crippen molar-refractivity contribution in [2.75, 3.05) is 6.54 Å². The smallest absolute Gasteiger partial charge is 0.254 e. The van der Waals surface area contributed by atoms with E-state index in [2.05, 4.69) is 41.6 Å². The number of fused-ring (bicyclic) bond motifs is 2. The maximum Gasteiger partial charge on any atom is 0.254 e. The molecule has 2 fully saturated rings. The maximum atomic E-state index is 12.8. The van der Waals surface area contributed by atoms with Crippen molar-refractivity contribution in [1.82, 2.24) is 4.90 Å². The maximum absolute atomic E-state index is 12.8. The standard InChI is InChI=1S/C17H22BrNO/c1-16(2)8-14-9-17(3,10-16)11-19(14)15(20)12-5-4-6-13(18)7-12/h4-7,14H,8-11H2,1-3H3. The third-order valence-electron chi connectivity index (χ3n) is 4.75. The molecule has 3 heteroatoms. The zero-order chi connectivity index (χ0) is 14.5. The molecule has 1 aliphatic heterocycles. The van der Waals surface area contributed by atoms with Gasteiger partial charge in [-0.1, -0.05) is 42.8 Å². The van der Waals surface area contributed by atoms with Crippen LogP contribution in [-0.4, -0.2) is 23.4 Å². The molecule has 0 radical (unpaired) electrons. The molecule has 1 aliphatic carbocycles. The lowest BCUT2D eigenvalue weighted by Crippen LogP contribution is -2.37. The first-order valence-corrected chi connectivity index (χ1v) is 8.14. The van der Waals surface area contributed by atoms with Crippen LogP contribution in [-0.2, 0) is 0 Å². The molecule has 1 aromatic rings. The number of carbonyl (C=O) groups is 1. The quantitative estimate of drug-likeness (QED) is 0.740. The first kappa shape index (κ1) is 14.1. The average molecular weight is 336 g/mol. The molecule has 2 unspecified atom stereocenters. The fourth-order valence-electron chi connectivity index (χ4n) is 4.48. The Morgan fingerprint density at radius 1 is 1.30 bits per heavy atom. The zero-order valence-electron chi connectivity index (χ0n) is 12.4. The molecular weight excluding hydrogens is 314 g/mol. The summed E-state index contributed by atoms with van der Waals surface area (Å²) in [5.74, 6) is 0.192. The molecule has 1 saturated heterocycles. The Balaban J connectivity index is 1.87. The van der Waals surface area contributed by atoms with Gasteiger partial charge in [0.05, 0.1) is 0 Å². The van der Waals surface area contributed by atoms with Crippen LogP contribution in [0.15, 0.2) is 28.7 Å². The highest BCUT2D eigenvalue weighted by Crippen LogP contribution is 2.52. The second-order valence-electron chi connectivity index (χ2n) is 7.66. The molecule has 0 N–H and O–H groups in total.